The van der Waals surface area contributed by atoms with E-state index >= 15 is 0 Å². The third kappa shape index (κ3) is 6.11. The molecule has 0 bridgehead atoms. The molecule has 1 aliphatic heterocycles. The van der Waals surface area contributed by atoms with Crippen LogP contribution in [-0.2, 0) is 0 Å². The van der Waals surface area contributed by atoms with Gasteiger partial charge in [-0.3, -0.25) is 25.4 Å². The van der Waals surface area contributed by atoms with Crippen molar-refractivity contribution in [3.8, 4) is 28.1 Å². The van der Waals surface area contributed by atoms with E-state index in [1.54, 1.807) is 30.3 Å². The number of nitrogens with zero attached hydrogens (tertiary/aromatic N) is 4. The van der Waals surface area contributed by atoms with Crippen molar-refractivity contribution in [2.45, 2.75) is 19.3 Å². The molecule has 2 aromatic carbocycles. The number of hydrogen-bond acceptors (Lipinski definition) is 7. The summed E-state index contributed by atoms with van der Waals surface area (Å²) in [6, 6.07) is 17.9. The zero-order valence-corrected chi connectivity index (χ0v) is 22.3. The number of amides is 3. The van der Waals surface area contributed by atoms with E-state index in [4.69, 9.17) is 4.74 Å². The molecular formula is C29H29N7O5. The molecule has 2 aromatic heterocycles. The lowest BCUT2D eigenvalue weighted by atomic mass is 9.98. The summed E-state index contributed by atoms with van der Waals surface area (Å²) >= 11 is 0. The predicted octanol–water partition coefficient (Wildman–Crippen LogP) is 3.91. The zero-order chi connectivity index (χ0) is 28.8. The highest BCUT2D eigenvalue weighted by Crippen LogP contribution is 2.36. The van der Waals surface area contributed by atoms with Crippen LogP contribution >= 0.6 is 0 Å². The van der Waals surface area contributed by atoms with Crippen molar-refractivity contribution >= 4 is 23.6 Å². The van der Waals surface area contributed by atoms with Crippen LogP contribution in [0, 0.1) is 0 Å². The van der Waals surface area contributed by atoms with Gasteiger partial charge in [0.05, 0.1) is 12.7 Å². The first-order valence-electron chi connectivity index (χ1n) is 13.1. The molecule has 12 nitrogen and oxygen atoms in total. The average Bonchev–Trinajstić information content (AvgIpc) is 3.39. The van der Waals surface area contributed by atoms with Gasteiger partial charge in [0.2, 0.25) is 0 Å². The number of nitrogens with one attached hydrogen (secondary N) is 3. The Hall–Kier alpha value is -5.39. The second-order valence-corrected chi connectivity index (χ2v) is 9.38. The monoisotopic (exact) mass is 555 g/mol. The Balaban J connectivity index is 1.57. The van der Waals surface area contributed by atoms with Crippen LogP contribution in [0.5, 0.6) is 5.75 Å². The van der Waals surface area contributed by atoms with E-state index in [0.717, 1.165) is 36.4 Å². The van der Waals surface area contributed by atoms with Gasteiger partial charge >= 0.3 is 6.09 Å². The standard InChI is InChI=1S/C29H29N7O5/c1-41-23-9-5-7-20(17-23)24-25(19-10-12-22(13-11-19)35-15-3-2-4-16-35)33-36(34-29(39)40)26(24)28(38)32-31-27(37)21-8-6-14-30-18-21/h5-14,17-18,34H,2-4,15-16H2,1H3,(H,31,37)(H,32,38)(H,39,40). The number of carboxylic acid groups (broad SMARTS) is 1. The number of methoxy groups -OCH3 is 1. The van der Waals surface area contributed by atoms with Crippen LogP contribution in [0.3, 0.4) is 0 Å². The fourth-order valence-electron chi connectivity index (χ4n) is 4.78. The van der Waals surface area contributed by atoms with Crippen LogP contribution in [0.2, 0.25) is 0 Å². The van der Waals surface area contributed by atoms with Crippen molar-refractivity contribution in [3.63, 3.8) is 0 Å². The SMILES string of the molecule is COc1cccc(-c2c(-c3ccc(N4CCCCC4)cc3)nn(NC(=O)O)c2C(=O)NNC(=O)c2cccnc2)c1. The minimum Gasteiger partial charge on any atom is -0.497 e. The number of piperidine rings is 1. The number of benzene rings is 2. The van der Waals surface area contributed by atoms with Gasteiger partial charge in [-0.05, 0) is 61.2 Å². The van der Waals surface area contributed by atoms with E-state index in [-0.39, 0.29) is 11.3 Å². The Morgan fingerprint density at radius 1 is 0.902 bits per heavy atom. The molecule has 0 unspecified atom stereocenters. The molecule has 5 rings (SSSR count). The van der Waals surface area contributed by atoms with Crippen molar-refractivity contribution in [2.24, 2.45) is 0 Å². The number of anilines is 1. The summed E-state index contributed by atoms with van der Waals surface area (Å²) < 4.78 is 5.40. The van der Waals surface area contributed by atoms with E-state index < -0.39 is 17.9 Å². The summed E-state index contributed by atoms with van der Waals surface area (Å²) in [5.74, 6) is -0.859. The third-order valence-electron chi connectivity index (χ3n) is 6.74. The second kappa shape index (κ2) is 12.2. The second-order valence-electron chi connectivity index (χ2n) is 9.38. The van der Waals surface area contributed by atoms with E-state index in [2.05, 4.69) is 31.3 Å². The maximum absolute atomic E-state index is 13.6. The summed E-state index contributed by atoms with van der Waals surface area (Å²) in [6.07, 6.45) is 4.95. The zero-order valence-electron chi connectivity index (χ0n) is 22.3. The van der Waals surface area contributed by atoms with Gasteiger partial charge < -0.3 is 14.7 Å². The summed E-state index contributed by atoms with van der Waals surface area (Å²) in [6.45, 7) is 1.97. The molecule has 1 saturated heterocycles. The first-order chi connectivity index (χ1) is 19.9. The molecule has 0 spiro atoms. The third-order valence-corrected chi connectivity index (χ3v) is 6.74. The highest BCUT2D eigenvalue weighted by molar-refractivity contribution is 6.05. The van der Waals surface area contributed by atoms with Gasteiger partial charge in [0, 0.05) is 42.3 Å². The first-order valence-corrected chi connectivity index (χ1v) is 13.1. The fourth-order valence-corrected chi connectivity index (χ4v) is 4.78. The van der Waals surface area contributed by atoms with Gasteiger partial charge in [0.1, 0.15) is 11.4 Å². The van der Waals surface area contributed by atoms with Crippen molar-refractivity contribution in [3.05, 3.63) is 84.3 Å². The predicted molar refractivity (Wildman–Crippen MR) is 152 cm³/mol. The lowest BCUT2D eigenvalue weighted by molar-refractivity contribution is 0.0841. The van der Waals surface area contributed by atoms with Crippen LogP contribution in [0.4, 0.5) is 10.5 Å². The average molecular weight is 556 g/mol. The van der Waals surface area contributed by atoms with Crippen LogP contribution in [-0.4, -0.2) is 58.1 Å². The molecule has 1 aliphatic rings. The van der Waals surface area contributed by atoms with Crippen LogP contribution in [0.25, 0.3) is 22.4 Å². The molecule has 1 fully saturated rings. The fraction of sp³-hybridized carbons (Fsp3) is 0.207. The Kier molecular flexibility index (Phi) is 8.09. The van der Waals surface area contributed by atoms with E-state index in [1.165, 1.54) is 32.0 Å². The summed E-state index contributed by atoms with van der Waals surface area (Å²) in [4.78, 5) is 44.9. The molecule has 4 aromatic rings. The lowest BCUT2D eigenvalue weighted by Crippen LogP contribution is -2.43. The Labute approximate surface area is 235 Å². The molecule has 210 valence electrons. The van der Waals surface area contributed by atoms with Crippen LogP contribution in [0.15, 0.2) is 73.1 Å². The number of rotatable bonds is 7. The number of pyridine rings is 1. The molecule has 3 amide bonds. The molecule has 0 saturated carbocycles. The minimum absolute atomic E-state index is 0.137. The van der Waals surface area contributed by atoms with Crippen molar-refractivity contribution in [1.82, 2.24) is 25.7 Å². The van der Waals surface area contributed by atoms with Gasteiger partial charge in [-0.15, -0.1) is 0 Å². The summed E-state index contributed by atoms with van der Waals surface area (Å²) in [5, 5.41) is 14.0. The van der Waals surface area contributed by atoms with Crippen LogP contribution in [0.1, 0.15) is 40.1 Å². The van der Waals surface area contributed by atoms with E-state index in [1.807, 2.05) is 24.3 Å². The maximum Gasteiger partial charge on any atom is 0.425 e. The van der Waals surface area contributed by atoms with Gasteiger partial charge in [-0.2, -0.15) is 9.89 Å². The van der Waals surface area contributed by atoms with Crippen molar-refractivity contribution in [2.75, 3.05) is 30.5 Å². The molecule has 12 heteroatoms. The van der Waals surface area contributed by atoms with Crippen molar-refractivity contribution < 1.29 is 24.2 Å². The highest BCUT2D eigenvalue weighted by atomic mass is 16.5. The number of hydrogen-bond donors (Lipinski definition) is 4. The quantitative estimate of drug-likeness (QED) is 0.251. The Morgan fingerprint density at radius 3 is 2.34 bits per heavy atom. The van der Waals surface area contributed by atoms with E-state index in [9.17, 15) is 19.5 Å². The smallest absolute Gasteiger partial charge is 0.425 e. The van der Waals surface area contributed by atoms with Gasteiger partial charge in [-0.25, -0.2) is 10.2 Å². The number of hydrazine groups is 1. The molecule has 0 radical (unpaired) electrons. The topological polar surface area (TPSA) is 151 Å². The maximum atomic E-state index is 13.6. The number of ether oxygens (including phenoxy) is 1. The van der Waals surface area contributed by atoms with E-state index in [0.29, 0.717) is 28.1 Å². The molecule has 0 aliphatic carbocycles. The molecule has 0 atom stereocenters. The number of carbonyl (C=O) groups excluding carboxylic acids is 2. The first kappa shape index (κ1) is 27.2. The van der Waals surface area contributed by atoms with Gasteiger partial charge in [0.25, 0.3) is 11.8 Å². The normalized spacial score (nSPS) is 12.9. The molecule has 4 N–H and O–H groups in total. The largest absolute Gasteiger partial charge is 0.497 e. The Bertz CT molecular complexity index is 1550. The van der Waals surface area contributed by atoms with Crippen LogP contribution < -0.4 is 25.9 Å². The Morgan fingerprint density at radius 2 is 1.66 bits per heavy atom. The highest BCUT2D eigenvalue weighted by Gasteiger charge is 2.28. The molecule has 41 heavy (non-hydrogen) atoms. The lowest BCUT2D eigenvalue weighted by Gasteiger charge is -2.28. The summed E-state index contributed by atoms with van der Waals surface area (Å²) in [7, 11) is 1.52. The summed E-state index contributed by atoms with van der Waals surface area (Å²) in [5.41, 5.74) is 9.98. The number of carbonyl (C=O) groups is 3. The van der Waals surface area contributed by atoms with Crippen molar-refractivity contribution in [1.29, 1.82) is 0 Å². The molecule has 3 heterocycles. The number of aromatic nitrogens is 3. The van der Waals surface area contributed by atoms with Gasteiger partial charge in [-0.1, -0.05) is 24.3 Å². The minimum atomic E-state index is -1.43. The molecular weight excluding hydrogens is 526 g/mol. The van der Waals surface area contributed by atoms with Gasteiger partial charge in [0.15, 0.2) is 5.69 Å².